The third-order valence-electron chi connectivity index (χ3n) is 3.86. The van der Waals surface area contributed by atoms with Gasteiger partial charge in [0.2, 0.25) is 0 Å². The molecule has 1 heterocycles. The van der Waals surface area contributed by atoms with Crippen LogP contribution in [0.2, 0.25) is 0 Å². The molecular weight excluding hydrogens is 308 g/mol. The molecule has 0 aliphatic heterocycles. The Bertz CT molecular complexity index is 872. The molecule has 1 atom stereocenters. The largest absolute Gasteiger partial charge is 0.494 e. The second kappa shape index (κ2) is 6.62. The van der Waals surface area contributed by atoms with Gasteiger partial charge in [0.15, 0.2) is 23.5 Å². The Morgan fingerprint density at radius 1 is 1.25 bits per heavy atom. The summed E-state index contributed by atoms with van der Waals surface area (Å²) in [6, 6.07) is 10.6. The number of aryl methyl sites for hydroxylation is 1. The van der Waals surface area contributed by atoms with E-state index in [-0.39, 0.29) is 0 Å². The molecule has 2 aromatic carbocycles. The van der Waals surface area contributed by atoms with E-state index in [1.54, 1.807) is 19.2 Å². The molecule has 0 radical (unpaired) electrons. The number of nitrogens with zero attached hydrogens (tertiary/aromatic N) is 1. The first kappa shape index (κ1) is 15.9. The molecule has 0 saturated carbocycles. The van der Waals surface area contributed by atoms with Gasteiger partial charge in [-0.15, -0.1) is 0 Å². The number of methoxy groups -OCH3 is 2. The quantitative estimate of drug-likeness (QED) is 0.724. The van der Waals surface area contributed by atoms with E-state index < -0.39 is 12.0 Å². The monoisotopic (exact) mass is 326 g/mol. The van der Waals surface area contributed by atoms with E-state index in [2.05, 4.69) is 10.3 Å². The molecule has 3 rings (SSSR count). The predicted molar refractivity (Wildman–Crippen MR) is 90.1 cm³/mol. The summed E-state index contributed by atoms with van der Waals surface area (Å²) in [7, 11) is 2.91. The molecule has 1 N–H and O–H groups in total. The van der Waals surface area contributed by atoms with Gasteiger partial charge in [-0.25, -0.2) is 9.78 Å². The van der Waals surface area contributed by atoms with Gasteiger partial charge in [0.25, 0.3) is 0 Å². The standard InChI is InChI=1S/C18H18N2O4/c1-11-6-4-5-7-13(11)20-16(18(21)23-3)12-8-14(22-2)17-15(9-12)24-10-19-17/h4-10,16,20H,1-3H3. The zero-order chi connectivity index (χ0) is 17.1. The number of hydrogen-bond donors (Lipinski definition) is 1. The number of ether oxygens (including phenoxy) is 2. The van der Waals surface area contributed by atoms with Crippen molar-refractivity contribution in [3.63, 3.8) is 0 Å². The first-order chi connectivity index (χ1) is 11.6. The summed E-state index contributed by atoms with van der Waals surface area (Å²) in [6.07, 6.45) is 1.35. The normalized spacial score (nSPS) is 12.0. The van der Waals surface area contributed by atoms with Crippen LogP contribution >= 0.6 is 0 Å². The summed E-state index contributed by atoms with van der Waals surface area (Å²) in [4.78, 5) is 16.5. The van der Waals surface area contributed by atoms with Crippen LogP contribution in [0.1, 0.15) is 17.2 Å². The fraction of sp³-hybridized carbons (Fsp3) is 0.222. The minimum atomic E-state index is -0.695. The van der Waals surface area contributed by atoms with Crippen LogP contribution in [0.5, 0.6) is 5.75 Å². The van der Waals surface area contributed by atoms with E-state index in [1.165, 1.54) is 13.5 Å². The molecule has 0 spiro atoms. The number of nitrogens with one attached hydrogen (secondary N) is 1. The maximum atomic E-state index is 12.3. The number of hydrogen-bond acceptors (Lipinski definition) is 6. The van der Waals surface area contributed by atoms with Crippen molar-refractivity contribution in [2.75, 3.05) is 19.5 Å². The number of benzene rings is 2. The van der Waals surface area contributed by atoms with Gasteiger partial charge in [0.05, 0.1) is 14.2 Å². The van der Waals surface area contributed by atoms with Gasteiger partial charge in [0, 0.05) is 5.69 Å². The zero-order valence-electron chi connectivity index (χ0n) is 13.7. The Hall–Kier alpha value is -3.02. The summed E-state index contributed by atoms with van der Waals surface area (Å²) in [5, 5.41) is 3.23. The highest BCUT2D eigenvalue weighted by atomic mass is 16.5. The Kier molecular flexibility index (Phi) is 4.37. The molecule has 0 fully saturated rings. The Morgan fingerprint density at radius 2 is 2.04 bits per heavy atom. The third-order valence-corrected chi connectivity index (χ3v) is 3.86. The molecule has 24 heavy (non-hydrogen) atoms. The topological polar surface area (TPSA) is 73.6 Å². The van der Waals surface area contributed by atoms with E-state index in [0.29, 0.717) is 22.4 Å². The lowest BCUT2D eigenvalue weighted by Crippen LogP contribution is -2.22. The summed E-state index contributed by atoms with van der Waals surface area (Å²) in [5.74, 6) is 0.135. The third kappa shape index (κ3) is 2.90. The number of carbonyl (C=O) groups excluding carboxylic acids is 1. The first-order valence-electron chi connectivity index (χ1n) is 7.45. The lowest BCUT2D eigenvalue weighted by atomic mass is 10.0. The number of anilines is 1. The predicted octanol–water partition coefficient (Wildman–Crippen LogP) is 3.47. The maximum Gasteiger partial charge on any atom is 0.332 e. The van der Waals surface area contributed by atoms with Gasteiger partial charge in [-0.2, -0.15) is 0 Å². The average molecular weight is 326 g/mol. The lowest BCUT2D eigenvalue weighted by molar-refractivity contribution is -0.141. The van der Waals surface area contributed by atoms with Crippen LogP contribution in [0.15, 0.2) is 47.2 Å². The number of aromatic nitrogens is 1. The Morgan fingerprint density at radius 3 is 2.75 bits per heavy atom. The van der Waals surface area contributed by atoms with Gasteiger partial charge in [-0.05, 0) is 36.2 Å². The highest BCUT2D eigenvalue weighted by Gasteiger charge is 2.24. The molecule has 0 saturated heterocycles. The fourth-order valence-electron chi connectivity index (χ4n) is 2.56. The second-order valence-corrected chi connectivity index (χ2v) is 5.34. The minimum absolute atomic E-state index is 0.404. The SMILES string of the molecule is COC(=O)C(Nc1ccccc1C)c1cc(OC)c2ncoc2c1. The smallest absolute Gasteiger partial charge is 0.332 e. The van der Waals surface area contributed by atoms with Gasteiger partial charge in [-0.1, -0.05) is 18.2 Å². The van der Waals surface area contributed by atoms with E-state index in [1.807, 2.05) is 31.2 Å². The highest BCUT2D eigenvalue weighted by Crippen LogP contribution is 2.31. The van der Waals surface area contributed by atoms with Crippen molar-refractivity contribution < 1.29 is 18.7 Å². The van der Waals surface area contributed by atoms with Crippen molar-refractivity contribution in [2.45, 2.75) is 13.0 Å². The van der Waals surface area contributed by atoms with Crippen LogP contribution in [-0.2, 0) is 9.53 Å². The van der Waals surface area contributed by atoms with Crippen molar-refractivity contribution in [2.24, 2.45) is 0 Å². The van der Waals surface area contributed by atoms with Crippen LogP contribution in [0.4, 0.5) is 5.69 Å². The molecule has 1 aromatic heterocycles. The van der Waals surface area contributed by atoms with Gasteiger partial charge in [-0.3, -0.25) is 0 Å². The van der Waals surface area contributed by atoms with Crippen molar-refractivity contribution in [3.05, 3.63) is 53.9 Å². The number of rotatable bonds is 5. The van der Waals surface area contributed by atoms with Crippen molar-refractivity contribution in [3.8, 4) is 5.75 Å². The average Bonchev–Trinajstić information content (AvgIpc) is 3.08. The number of fused-ring (bicyclic) bond motifs is 1. The van der Waals surface area contributed by atoms with Crippen LogP contribution in [-0.4, -0.2) is 25.2 Å². The van der Waals surface area contributed by atoms with Gasteiger partial charge >= 0.3 is 5.97 Å². The summed E-state index contributed by atoms with van der Waals surface area (Å²) >= 11 is 0. The Balaban J connectivity index is 2.06. The molecule has 124 valence electrons. The molecule has 0 bridgehead atoms. The summed E-state index contributed by atoms with van der Waals surface area (Å²) in [5.41, 5.74) is 3.71. The first-order valence-corrected chi connectivity index (χ1v) is 7.45. The van der Waals surface area contributed by atoms with E-state index in [0.717, 1.165) is 11.3 Å². The number of carbonyl (C=O) groups is 1. The number of oxazole rings is 1. The second-order valence-electron chi connectivity index (χ2n) is 5.34. The van der Waals surface area contributed by atoms with E-state index >= 15 is 0 Å². The molecule has 6 nitrogen and oxygen atoms in total. The molecule has 1 unspecified atom stereocenters. The van der Waals surface area contributed by atoms with Crippen molar-refractivity contribution in [1.82, 2.24) is 4.98 Å². The molecule has 0 amide bonds. The summed E-state index contributed by atoms with van der Waals surface area (Å²) < 4.78 is 15.7. The fourth-order valence-corrected chi connectivity index (χ4v) is 2.56. The number of para-hydroxylation sites is 1. The molecular formula is C18H18N2O4. The van der Waals surface area contributed by atoms with Crippen molar-refractivity contribution >= 4 is 22.8 Å². The maximum absolute atomic E-state index is 12.3. The van der Waals surface area contributed by atoms with Crippen LogP contribution in [0, 0.1) is 6.92 Å². The molecule has 6 heteroatoms. The Labute approximate surface area is 139 Å². The number of esters is 1. The minimum Gasteiger partial charge on any atom is -0.494 e. The van der Waals surface area contributed by atoms with Crippen LogP contribution in [0.25, 0.3) is 11.1 Å². The summed E-state index contributed by atoms with van der Waals surface area (Å²) in [6.45, 7) is 1.97. The highest BCUT2D eigenvalue weighted by molar-refractivity contribution is 5.86. The molecule has 0 aliphatic carbocycles. The van der Waals surface area contributed by atoms with Gasteiger partial charge < -0.3 is 19.2 Å². The molecule has 3 aromatic rings. The lowest BCUT2D eigenvalue weighted by Gasteiger charge is -2.20. The van der Waals surface area contributed by atoms with E-state index in [9.17, 15) is 4.79 Å². The molecule has 0 aliphatic rings. The van der Waals surface area contributed by atoms with Crippen LogP contribution in [0.3, 0.4) is 0 Å². The van der Waals surface area contributed by atoms with Gasteiger partial charge in [0.1, 0.15) is 5.75 Å². The van der Waals surface area contributed by atoms with Crippen LogP contribution < -0.4 is 10.1 Å². The van der Waals surface area contributed by atoms with E-state index in [4.69, 9.17) is 13.9 Å². The zero-order valence-corrected chi connectivity index (χ0v) is 13.7. The van der Waals surface area contributed by atoms with Crippen molar-refractivity contribution in [1.29, 1.82) is 0 Å².